The average Bonchev–Trinajstić information content (AvgIpc) is 2.92. The summed E-state index contributed by atoms with van der Waals surface area (Å²) in [6.45, 7) is 0.629. The number of sulfone groups is 1. The van der Waals surface area contributed by atoms with Gasteiger partial charge in [-0.15, -0.1) is 0 Å². The molecule has 8 heteroatoms. The first-order chi connectivity index (χ1) is 12.8. The SMILES string of the molecule is CN(CC(=O)NC(=O)N[C@@H]1CCS(=O)(=O)C1)Cc1ccc2ccccc2c1. The second-order valence-electron chi connectivity index (χ2n) is 6.98. The molecule has 3 amide bonds. The third-order valence-corrected chi connectivity index (χ3v) is 6.27. The second-order valence-corrected chi connectivity index (χ2v) is 9.20. The monoisotopic (exact) mass is 389 g/mol. The first-order valence-electron chi connectivity index (χ1n) is 8.78. The van der Waals surface area contributed by atoms with Crippen molar-refractivity contribution in [2.24, 2.45) is 0 Å². The third-order valence-electron chi connectivity index (χ3n) is 4.50. The number of imide groups is 1. The highest BCUT2D eigenvalue weighted by Gasteiger charge is 2.29. The van der Waals surface area contributed by atoms with Crippen LogP contribution in [0.5, 0.6) is 0 Å². The van der Waals surface area contributed by atoms with E-state index in [2.05, 4.69) is 16.7 Å². The highest BCUT2D eigenvalue weighted by molar-refractivity contribution is 7.91. The van der Waals surface area contributed by atoms with Crippen molar-refractivity contribution in [2.45, 2.75) is 19.0 Å². The van der Waals surface area contributed by atoms with Crippen LogP contribution in [0.15, 0.2) is 42.5 Å². The number of amides is 3. The van der Waals surface area contributed by atoms with E-state index >= 15 is 0 Å². The Morgan fingerprint density at radius 2 is 1.89 bits per heavy atom. The minimum Gasteiger partial charge on any atom is -0.334 e. The summed E-state index contributed by atoms with van der Waals surface area (Å²) < 4.78 is 22.8. The van der Waals surface area contributed by atoms with E-state index in [4.69, 9.17) is 0 Å². The van der Waals surface area contributed by atoms with E-state index in [0.29, 0.717) is 13.0 Å². The molecule has 0 radical (unpaired) electrons. The number of carbonyl (C=O) groups is 2. The lowest BCUT2D eigenvalue weighted by Gasteiger charge is -2.17. The van der Waals surface area contributed by atoms with Gasteiger partial charge in [0, 0.05) is 12.6 Å². The summed E-state index contributed by atoms with van der Waals surface area (Å²) in [5.41, 5.74) is 1.07. The minimum atomic E-state index is -3.07. The van der Waals surface area contributed by atoms with Crippen LogP contribution in [0.4, 0.5) is 4.79 Å². The quantitative estimate of drug-likeness (QED) is 0.803. The van der Waals surface area contributed by atoms with Crippen molar-refractivity contribution in [3.63, 3.8) is 0 Å². The summed E-state index contributed by atoms with van der Waals surface area (Å²) in [7, 11) is -1.27. The fourth-order valence-corrected chi connectivity index (χ4v) is 4.92. The van der Waals surface area contributed by atoms with E-state index in [1.165, 1.54) is 0 Å². The molecule has 0 bridgehead atoms. The van der Waals surface area contributed by atoms with Crippen LogP contribution in [0.2, 0.25) is 0 Å². The first-order valence-corrected chi connectivity index (χ1v) is 10.6. The van der Waals surface area contributed by atoms with E-state index in [1.807, 2.05) is 41.3 Å². The largest absolute Gasteiger partial charge is 0.334 e. The molecule has 0 aromatic heterocycles. The predicted molar refractivity (Wildman–Crippen MR) is 104 cm³/mol. The fourth-order valence-electron chi connectivity index (χ4n) is 3.25. The van der Waals surface area contributed by atoms with Crippen LogP contribution in [-0.2, 0) is 21.2 Å². The van der Waals surface area contributed by atoms with Crippen LogP contribution < -0.4 is 10.6 Å². The van der Waals surface area contributed by atoms with Gasteiger partial charge >= 0.3 is 6.03 Å². The first kappa shape index (κ1) is 19.3. The molecule has 0 unspecified atom stereocenters. The summed E-state index contributed by atoms with van der Waals surface area (Å²) in [4.78, 5) is 25.7. The molecule has 1 atom stereocenters. The third kappa shape index (κ3) is 5.51. The normalized spacial score (nSPS) is 18.5. The Labute approximate surface area is 158 Å². The van der Waals surface area contributed by atoms with E-state index in [9.17, 15) is 18.0 Å². The molecule has 0 aliphatic carbocycles. The summed E-state index contributed by atoms with van der Waals surface area (Å²) in [6, 6.07) is 13.1. The van der Waals surface area contributed by atoms with Crippen molar-refractivity contribution in [1.82, 2.24) is 15.5 Å². The van der Waals surface area contributed by atoms with Crippen LogP contribution in [0.1, 0.15) is 12.0 Å². The van der Waals surface area contributed by atoms with Crippen molar-refractivity contribution in [2.75, 3.05) is 25.1 Å². The Balaban J connectivity index is 1.47. The van der Waals surface area contributed by atoms with E-state index in [1.54, 1.807) is 7.05 Å². The molecule has 2 aromatic rings. The number of hydrogen-bond donors (Lipinski definition) is 2. The molecule has 3 rings (SSSR count). The number of fused-ring (bicyclic) bond motifs is 1. The molecular formula is C19H23N3O4S. The lowest BCUT2D eigenvalue weighted by atomic mass is 10.1. The Kier molecular flexibility index (Phi) is 5.76. The molecule has 2 N–H and O–H groups in total. The number of carbonyl (C=O) groups excluding carboxylic acids is 2. The number of hydrogen-bond acceptors (Lipinski definition) is 5. The van der Waals surface area contributed by atoms with Gasteiger partial charge in [0.15, 0.2) is 9.84 Å². The molecule has 1 saturated heterocycles. The maximum atomic E-state index is 12.0. The van der Waals surface area contributed by atoms with Gasteiger partial charge in [-0.1, -0.05) is 36.4 Å². The van der Waals surface area contributed by atoms with Gasteiger partial charge in [-0.05, 0) is 35.9 Å². The van der Waals surface area contributed by atoms with Crippen molar-refractivity contribution >= 4 is 32.5 Å². The zero-order valence-electron chi connectivity index (χ0n) is 15.1. The molecular weight excluding hydrogens is 366 g/mol. The zero-order chi connectivity index (χ0) is 19.4. The maximum absolute atomic E-state index is 12.0. The Bertz CT molecular complexity index is 958. The van der Waals surface area contributed by atoms with Crippen molar-refractivity contribution in [1.29, 1.82) is 0 Å². The van der Waals surface area contributed by atoms with Crippen molar-refractivity contribution < 1.29 is 18.0 Å². The predicted octanol–water partition coefficient (Wildman–Crippen LogP) is 1.28. The molecule has 144 valence electrons. The van der Waals surface area contributed by atoms with Crippen molar-refractivity contribution in [3.8, 4) is 0 Å². The summed E-state index contributed by atoms with van der Waals surface area (Å²) in [5, 5.41) is 7.09. The molecule has 1 heterocycles. The maximum Gasteiger partial charge on any atom is 0.321 e. The lowest BCUT2D eigenvalue weighted by molar-refractivity contribution is -0.120. The fraction of sp³-hybridized carbons (Fsp3) is 0.368. The van der Waals surface area contributed by atoms with Crippen LogP contribution in [0, 0.1) is 0 Å². The Morgan fingerprint density at radius 1 is 1.15 bits per heavy atom. The van der Waals surface area contributed by atoms with Crippen molar-refractivity contribution in [3.05, 3.63) is 48.0 Å². The van der Waals surface area contributed by atoms with Gasteiger partial charge in [0.2, 0.25) is 5.91 Å². The van der Waals surface area contributed by atoms with Crippen LogP contribution in [-0.4, -0.2) is 56.4 Å². The van der Waals surface area contributed by atoms with Crippen LogP contribution >= 0.6 is 0 Å². The minimum absolute atomic E-state index is 0.0587. The van der Waals surface area contributed by atoms with Gasteiger partial charge in [0.05, 0.1) is 18.1 Å². The van der Waals surface area contributed by atoms with Gasteiger partial charge in [0.1, 0.15) is 0 Å². The van der Waals surface area contributed by atoms with E-state index in [0.717, 1.165) is 16.3 Å². The van der Waals surface area contributed by atoms with Gasteiger partial charge in [0.25, 0.3) is 0 Å². The number of likely N-dealkylation sites (N-methyl/N-ethyl adjacent to an activating group) is 1. The molecule has 1 aliphatic rings. The van der Waals surface area contributed by atoms with E-state index < -0.39 is 27.8 Å². The molecule has 7 nitrogen and oxygen atoms in total. The summed E-state index contributed by atoms with van der Waals surface area (Å²) in [6.07, 6.45) is 0.381. The van der Waals surface area contributed by atoms with Gasteiger partial charge in [-0.25, -0.2) is 13.2 Å². The molecule has 1 aliphatic heterocycles. The molecule has 0 spiro atoms. The topological polar surface area (TPSA) is 95.6 Å². The highest BCUT2D eigenvalue weighted by atomic mass is 32.2. The number of rotatable bonds is 5. The van der Waals surface area contributed by atoms with Gasteiger partial charge < -0.3 is 5.32 Å². The Hall–Kier alpha value is -2.45. The molecule has 1 fully saturated rings. The average molecular weight is 389 g/mol. The smallest absolute Gasteiger partial charge is 0.321 e. The summed E-state index contributed by atoms with van der Waals surface area (Å²) >= 11 is 0. The van der Waals surface area contributed by atoms with Crippen LogP contribution in [0.3, 0.4) is 0 Å². The number of nitrogens with one attached hydrogen (secondary N) is 2. The Morgan fingerprint density at radius 3 is 2.59 bits per heavy atom. The standard InChI is InChI=1S/C19H23N3O4S/c1-22(11-14-6-7-15-4-2-3-5-16(15)10-14)12-18(23)21-19(24)20-17-8-9-27(25,26)13-17/h2-7,10,17H,8-9,11-13H2,1H3,(H2,20,21,23,24)/t17-/m1/s1. The van der Waals surface area contributed by atoms with E-state index in [-0.39, 0.29) is 18.1 Å². The highest BCUT2D eigenvalue weighted by Crippen LogP contribution is 2.16. The zero-order valence-corrected chi connectivity index (χ0v) is 16.0. The lowest BCUT2D eigenvalue weighted by Crippen LogP contribution is -2.47. The number of nitrogens with zero attached hydrogens (tertiary/aromatic N) is 1. The molecule has 27 heavy (non-hydrogen) atoms. The van der Waals surface area contributed by atoms with Gasteiger partial charge in [-0.3, -0.25) is 15.0 Å². The summed E-state index contributed by atoms with van der Waals surface area (Å²) in [5.74, 6) is -0.437. The van der Waals surface area contributed by atoms with Crippen LogP contribution in [0.25, 0.3) is 10.8 Å². The molecule has 2 aromatic carbocycles. The number of urea groups is 1. The van der Waals surface area contributed by atoms with Gasteiger partial charge in [-0.2, -0.15) is 0 Å². The number of benzene rings is 2. The molecule has 0 saturated carbocycles. The second kappa shape index (κ2) is 8.06.